The Morgan fingerprint density at radius 2 is 1.88 bits per heavy atom. The first-order valence-corrected chi connectivity index (χ1v) is 10.0. The summed E-state index contributed by atoms with van der Waals surface area (Å²) in [7, 11) is 0. The topological polar surface area (TPSA) is 23.6 Å². The molecule has 3 aliphatic rings. The molecule has 1 aromatic rings. The van der Waals surface area contributed by atoms with Crippen molar-refractivity contribution in [2.45, 2.75) is 51.5 Å². The fourth-order valence-electron chi connectivity index (χ4n) is 5.24. The molecule has 0 N–H and O–H groups in total. The molecular formula is C21H28F2N2O. The lowest BCUT2D eigenvalue weighted by molar-refractivity contribution is -0.134. The van der Waals surface area contributed by atoms with Crippen LogP contribution >= 0.6 is 0 Å². The Morgan fingerprint density at radius 1 is 1.08 bits per heavy atom. The van der Waals surface area contributed by atoms with Crippen molar-refractivity contribution in [2.75, 3.05) is 26.2 Å². The highest BCUT2D eigenvalue weighted by Crippen LogP contribution is 2.40. The lowest BCUT2D eigenvalue weighted by atomic mass is 9.79. The fraction of sp³-hybridized carbons (Fsp3) is 0.667. The molecule has 5 heteroatoms. The van der Waals surface area contributed by atoms with Crippen LogP contribution in [0.5, 0.6) is 0 Å². The minimum atomic E-state index is -0.775. The van der Waals surface area contributed by atoms with Crippen molar-refractivity contribution in [1.82, 2.24) is 9.80 Å². The van der Waals surface area contributed by atoms with E-state index in [0.29, 0.717) is 18.0 Å². The summed E-state index contributed by atoms with van der Waals surface area (Å²) < 4.78 is 27.5. The normalized spacial score (nSPS) is 27.5. The van der Waals surface area contributed by atoms with Gasteiger partial charge in [0.25, 0.3) is 0 Å². The van der Waals surface area contributed by atoms with Gasteiger partial charge in [0.05, 0.1) is 0 Å². The van der Waals surface area contributed by atoms with Crippen molar-refractivity contribution in [3.8, 4) is 0 Å². The van der Waals surface area contributed by atoms with E-state index < -0.39 is 11.6 Å². The maximum atomic E-state index is 14.0. The summed E-state index contributed by atoms with van der Waals surface area (Å²) >= 11 is 0. The molecule has 1 amide bonds. The third-order valence-corrected chi connectivity index (χ3v) is 6.62. The van der Waals surface area contributed by atoms with Crippen LogP contribution in [0.4, 0.5) is 8.78 Å². The Bertz CT molecular complexity index is 674. The van der Waals surface area contributed by atoms with Crippen LogP contribution in [0.2, 0.25) is 0 Å². The molecule has 4 rings (SSSR count). The summed E-state index contributed by atoms with van der Waals surface area (Å²) in [4.78, 5) is 17.1. The number of carbonyl (C=O) groups is 1. The summed E-state index contributed by atoms with van der Waals surface area (Å²) in [6.07, 6.45) is 7.69. The van der Waals surface area contributed by atoms with Crippen LogP contribution in [0.1, 0.15) is 50.5 Å². The molecular weight excluding hydrogens is 334 g/mol. The van der Waals surface area contributed by atoms with Crippen molar-refractivity contribution < 1.29 is 13.6 Å². The quantitative estimate of drug-likeness (QED) is 0.812. The molecule has 1 saturated carbocycles. The van der Waals surface area contributed by atoms with E-state index in [1.165, 1.54) is 18.9 Å². The van der Waals surface area contributed by atoms with E-state index in [4.69, 9.17) is 0 Å². The van der Waals surface area contributed by atoms with Crippen molar-refractivity contribution in [3.63, 3.8) is 0 Å². The maximum absolute atomic E-state index is 14.0. The zero-order chi connectivity index (χ0) is 18.1. The molecule has 0 radical (unpaired) electrons. The summed E-state index contributed by atoms with van der Waals surface area (Å²) in [5.74, 6) is -0.904. The van der Waals surface area contributed by atoms with E-state index in [1.54, 1.807) is 12.1 Å². The lowest BCUT2D eigenvalue weighted by Crippen LogP contribution is -2.45. The largest absolute Gasteiger partial charge is 0.342 e. The summed E-state index contributed by atoms with van der Waals surface area (Å²) in [5, 5.41) is 0. The number of hydrogen-bond acceptors (Lipinski definition) is 2. The van der Waals surface area contributed by atoms with Gasteiger partial charge in [-0.25, -0.2) is 8.78 Å². The van der Waals surface area contributed by atoms with Gasteiger partial charge < -0.3 is 4.90 Å². The second kappa shape index (κ2) is 7.26. The van der Waals surface area contributed by atoms with Gasteiger partial charge in [-0.05, 0) is 44.7 Å². The van der Waals surface area contributed by atoms with E-state index in [-0.39, 0.29) is 11.3 Å². The number of hydrogen-bond donors (Lipinski definition) is 0. The Balaban J connectivity index is 1.40. The molecule has 142 valence electrons. The number of likely N-dealkylation sites (tertiary alicyclic amines) is 2. The zero-order valence-corrected chi connectivity index (χ0v) is 15.4. The van der Waals surface area contributed by atoms with Crippen LogP contribution in [0.3, 0.4) is 0 Å². The van der Waals surface area contributed by atoms with Gasteiger partial charge >= 0.3 is 0 Å². The Morgan fingerprint density at radius 3 is 2.69 bits per heavy atom. The Kier molecular flexibility index (Phi) is 5.00. The first kappa shape index (κ1) is 17.9. The number of rotatable bonds is 3. The second-order valence-electron chi connectivity index (χ2n) is 8.52. The number of amides is 1. The predicted octanol–water partition coefficient (Wildman–Crippen LogP) is 3.97. The number of nitrogens with zero attached hydrogens (tertiary/aromatic N) is 2. The standard InChI is InChI=1S/C21H28F2N2O/c22-18-8-3-7-17(19(18)23)13-24-11-4-9-21(14-24)10-12-25(15-21)20(26)16-5-1-2-6-16/h3,7-8,16H,1-2,4-6,9-15H2/t21-/m1/s1. The first-order chi connectivity index (χ1) is 12.6. The van der Waals surface area contributed by atoms with Crippen LogP contribution < -0.4 is 0 Å². The highest BCUT2D eigenvalue weighted by Gasteiger charge is 2.44. The van der Waals surface area contributed by atoms with Gasteiger partial charge in [0.2, 0.25) is 5.91 Å². The summed E-state index contributed by atoms with van der Waals surface area (Å²) in [5.41, 5.74) is 0.565. The molecule has 1 aromatic carbocycles. The maximum Gasteiger partial charge on any atom is 0.225 e. The van der Waals surface area contributed by atoms with E-state index in [0.717, 1.165) is 58.3 Å². The molecule has 3 fully saturated rings. The van der Waals surface area contributed by atoms with Crippen molar-refractivity contribution in [3.05, 3.63) is 35.4 Å². The third-order valence-electron chi connectivity index (χ3n) is 6.62. The van der Waals surface area contributed by atoms with Crippen LogP contribution in [0.15, 0.2) is 18.2 Å². The van der Waals surface area contributed by atoms with Gasteiger partial charge in [-0.3, -0.25) is 9.69 Å². The van der Waals surface area contributed by atoms with Crippen molar-refractivity contribution in [2.24, 2.45) is 11.3 Å². The number of benzene rings is 1. The molecule has 2 heterocycles. The number of piperidine rings is 1. The van der Waals surface area contributed by atoms with E-state index in [2.05, 4.69) is 9.80 Å². The highest BCUT2D eigenvalue weighted by molar-refractivity contribution is 5.79. The van der Waals surface area contributed by atoms with Gasteiger partial charge in [0.15, 0.2) is 11.6 Å². The van der Waals surface area contributed by atoms with E-state index in [1.807, 2.05) is 0 Å². The number of halogens is 2. The predicted molar refractivity (Wildman–Crippen MR) is 96.5 cm³/mol. The molecule has 2 aliphatic heterocycles. The van der Waals surface area contributed by atoms with Crippen molar-refractivity contribution in [1.29, 1.82) is 0 Å². The van der Waals surface area contributed by atoms with Gasteiger partial charge in [0.1, 0.15) is 0 Å². The van der Waals surface area contributed by atoms with Crippen molar-refractivity contribution >= 4 is 5.91 Å². The molecule has 1 atom stereocenters. The fourth-order valence-corrected chi connectivity index (χ4v) is 5.24. The lowest BCUT2D eigenvalue weighted by Gasteiger charge is -2.40. The molecule has 3 nitrogen and oxygen atoms in total. The van der Waals surface area contributed by atoms with Crippen LogP contribution in [-0.4, -0.2) is 41.9 Å². The zero-order valence-electron chi connectivity index (χ0n) is 15.4. The molecule has 26 heavy (non-hydrogen) atoms. The molecule has 0 bridgehead atoms. The molecule has 1 spiro atoms. The van der Waals surface area contributed by atoms with Gasteiger partial charge in [0, 0.05) is 43.1 Å². The monoisotopic (exact) mass is 362 g/mol. The van der Waals surface area contributed by atoms with Crippen LogP contribution in [-0.2, 0) is 11.3 Å². The third kappa shape index (κ3) is 3.51. The molecule has 2 saturated heterocycles. The highest BCUT2D eigenvalue weighted by atomic mass is 19.2. The SMILES string of the molecule is O=C(C1CCCC1)N1CC[C@@]2(CCCN(Cc3cccc(F)c3F)C2)C1. The summed E-state index contributed by atoms with van der Waals surface area (Å²) in [6, 6.07) is 4.41. The molecule has 0 unspecified atom stereocenters. The molecule has 0 aromatic heterocycles. The minimum absolute atomic E-state index is 0.135. The van der Waals surface area contributed by atoms with Gasteiger partial charge in [-0.15, -0.1) is 0 Å². The van der Waals surface area contributed by atoms with Crippen LogP contribution in [0.25, 0.3) is 0 Å². The van der Waals surface area contributed by atoms with Gasteiger partial charge in [-0.2, -0.15) is 0 Å². The first-order valence-electron chi connectivity index (χ1n) is 10.0. The van der Waals surface area contributed by atoms with Crippen LogP contribution in [0, 0.1) is 23.0 Å². The smallest absolute Gasteiger partial charge is 0.225 e. The van der Waals surface area contributed by atoms with E-state index >= 15 is 0 Å². The average molecular weight is 362 g/mol. The van der Waals surface area contributed by atoms with Gasteiger partial charge in [-0.1, -0.05) is 25.0 Å². The Hall–Kier alpha value is -1.49. The Labute approximate surface area is 154 Å². The second-order valence-corrected chi connectivity index (χ2v) is 8.52. The average Bonchev–Trinajstić information content (AvgIpc) is 3.29. The van der Waals surface area contributed by atoms with E-state index in [9.17, 15) is 13.6 Å². The molecule has 1 aliphatic carbocycles. The minimum Gasteiger partial charge on any atom is -0.342 e. The number of carbonyl (C=O) groups excluding carboxylic acids is 1. The summed E-state index contributed by atoms with van der Waals surface area (Å²) in [6.45, 7) is 3.93.